The minimum atomic E-state index is -0.896. The van der Waals surface area contributed by atoms with Crippen LogP contribution in [-0.4, -0.2) is 34.5 Å². The zero-order valence-corrected chi connectivity index (χ0v) is 9.19. The number of nitrogens with zero attached hydrogens (tertiary/aromatic N) is 1. The van der Waals surface area contributed by atoms with E-state index in [-0.39, 0.29) is 5.91 Å². The van der Waals surface area contributed by atoms with Gasteiger partial charge in [-0.05, 0) is 33.1 Å². The van der Waals surface area contributed by atoms with Crippen LogP contribution in [0, 0.1) is 0 Å². The summed E-state index contributed by atoms with van der Waals surface area (Å²) in [5.74, 6) is -1.04. The molecule has 1 heterocycles. The number of amides is 1. The summed E-state index contributed by atoms with van der Waals surface area (Å²) in [6.45, 7) is 4.06. The van der Waals surface area contributed by atoms with Crippen LogP contribution < -0.4 is 0 Å². The highest BCUT2D eigenvalue weighted by atomic mass is 16.4. The monoisotopic (exact) mass is 211 g/mol. The molecule has 1 aliphatic rings. The molecule has 4 nitrogen and oxygen atoms in total. The molecule has 84 valence electrons. The fourth-order valence-electron chi connectivity index (χ4n) is 1.78. The van der Waals surface area contributed by atoms with Gasteiger partial charge in [-0.25, -0.2) is 4.79 Å². The van der Waals surface area contributed by atoms with Gasteiger partial charge >= 0.3 is 5.97 Å². The maximum atomic E-state index is 11.8. The topological polar surface area (TPSA) is 57.6 Å². The van der Waals surface area contributed by atoms with Crippen LogP contribution >= 0.6 is 0 Å². The first-order valence-corrected chi connectivity index (χ1v) is 5.24. The third kappa shape index (κ3) is 2.58. The lowest BCUT2D eigenvalue weighted by molar-refractivity contribution is -0.150. The molecule has 0 unspecified atom stereocenters. The van der Waals surface area contributed by atoms with Gasteiger partial charge in [0.05, 0.1) is 0 Å². The molecule has 1 aliphatic heterocycles. The highest BCUT2D eigenvalue weighted by Gasteiger charge is 2.31. The van der Waals surface area contributed by atoms with Crippen molar-refractivity contribution in [3.63, 3.8) is 0 Å². The van der Waals surface area contributed by atoms with Crippen LogP contribution in [0.5, 0.6) is 0 Å². The number of carboxylic acids is 1. The van der Waals surface area contributed by atoms with E-state index in [1.165, 1.54) is 4.90 Å². The Hall–Kier alpha value is -1.32. The summed E-state index contributed by atoms with van der Waals surface area (Å²) in [4.78, 5) is 24.3. The van der Waals surface area contributed by atoms with E-state index in [1.54, 1.807) is 19.9 Å². The molecule has 1 N–H and O–H groups in total. The number of hydrogen-bond acceptors (Lipinski definition) is 2. The van der Waals surface area contributed by atoms with Crippen molar-refractivity contribution >= 4 is 11.9 Å². The van der Waals surface area contributed by atoms with Crippen molar-refractivity contribution in [3.05, 3.63) is 11.6 Å². The van der Waals surface area contributed by atoms with Gasteiger partial charge in [-0.3, -0.25) is 4.79 Å². The van der Waals surface area contributed by atoms with Gasteiger partial charge in [0, 0.05) is 12.1 Å². The summed E-state index contributed by atoms with van der Waals surface area (Å²) < 4.78 is 0. The molecule has 1 fully saturated rings. The Balaban J connectivity index is 2.81. The van der Waals surface area contributed by atoms with Gasteiger partial charge in [0.25, 0.3) is 0 Å². The summed E-state index contributed by atoms with van der Waals surface area (Å²) in [5.41, 5.74) is 0.614. The first kappa shape index (κ1) is 11.8. The molecule has 4 heteroatoms. The Kier molecular flexibility index (Phi) is 3.88. The van der Waals surface area contributed by atoms with Crippen LogP contribution in [0.4, 0.5) is 0 Å². The van der Waals surface area contributed by atoms with Gasteiger partial charge in [-0.1, -0.05) is 6.08 Å². The predicted octanol–water partition coefficient (Wildman–Crippen LogP) is 1.42. The summed E-state index contributed by atoms with van der Waals surface area (Å²) in [7, 11) is 0. The molecule has 0 spiro atoms. The normalized spacial score (nSPS) is 22.7. The second kappa shape index (κ2) is 4.96. The summed E-state index contributed by atoms with van der Waals surface area (Å²) in [6.07, 6.45) is 4.07. The third-order valence-electron chi connectivity index (χ3n) is 2.82. The smallest absolute Gasteiger partial charge is 0.326 e. The van der Waals surface area contributed by atoms with Gasteiger partial charge in [0.15, 0.2) is 0 Å². The Morgan fingerprint density at radius 1 is 1.40 bits per heavy atom. The number of hydrogen-bond donors (Lipinski definition) is 1. The Labute approximate surface area is 89.6 Å². The van der Waals surface area contributed by atoms with E-state index in [0.29, 0.717) is 18.5 Å². The van der Waals surface area contributed by atoms with E-state index in [1.807, 2.05) is 0 Å². The molecule has 1 rings (SSSR count). The van der Waals surface area contributed by atoms with E-state index in [0.717, 1.165) is 12.8 Å². The van der Waals surface area contributed by atoms with Gasteiger partial charge in [0.2, 0.25) is 5.91 Å². The molecule has 1 amide bonds. The van der Waals surface area contributed by atoms with Crippen molar-refractivity contribution in [2.24, 2.45) is 0 Å². The maximum Gasteiger partial charge on any atom is 0.326 e. The first-order valence-electron chi connectivity index (χ1n) is 5.24. The standard InChI is InChI=1S/C11H17NO3/c1-3-8(2)10(13)12-7-5-4-6-9(12)11(14)15/h3,9H,4-7H2,1-2H3,(H,14,15)/b8-3-/t9-/m0/s1. The largest absolute Gasteiger partial charge is 0.480 e. The SMILES string of the molecule is C/C=C(/C)C(=O)N1CCCC[C@H]1C(=O)O. The van der Waals surface area contributed by atoms with Crippen molar-refractivity contribution in [2.75, 3.05) is 6.54 Å². The number of allylic oxidation sites excluding steroid dienone is 1. The van der Waals surface area contributed by atoms with Gasteiger partial charge in [-0.2, -0.15) is 0 Å². The Bertz CT molecular complexity index is 296. The summed E-state index contributed by atoms with van der Waals surface area (Å²) >= 11 is 0. The van der Waals surface area contributed by atoms with E-state index in [4.69, 9.17) is 5.11 Å². The lowest BCUT2D eigenvalue weighted by atomic mass is 10.0. The van der Waals surface area contributed by atoms with Gasteiger partial charge in [0.1, 0.15) is 6.04 Å². The molecule has 0 aliphatic carbocycles. The zero-order valence-electron chi connectivity index (χ0n) is 9.19. The van der Waals surface area contributed by atoms with Crippen molar-refractivity contribution in [1.82, 2.24) is 4.90 Å². The molecule has 0 bridgehead atoms. The average Bonchev–Trinajstić information content (AvgIpc) is 2.27. The van der Waals surface area contributed by atoms with E-state index >= 15 is 0 Å². The van der Waals surface area contributed by atoms with Crippen LogP contribution in [0.25, 0.3) is 0 Å². The molecule has 0 radical (unpaired) electrons. The third-order valence-corrected chi connectivity index (χ3v) is 2.82. The Morgan fingerprint density at radius 3 is 2.60 bits per heavy atom. The molecule has 1 atom stereocenters. The molecular formula is C11H17NO3. The van der Waals surface area contributed by atoms with Crippen molar-refractivity contribution in [1.29, 1.82) is 0 Å². The van der Waals surface area contributed by atoms with Crippen molar-refractivity contribution in [3.8, 4) is 0 Å². The number of carbonyl (C=O) groups excluding carboxylic acids is 1. The first-order chi connectivity index (χ1) is 7.07. The van der Waals surface area contributed by atoms with Gasteiger partial charge in [-0.15, -0.1) is 0 Å². The minimum absolute atomic E-state index is 0.149. The highest BCUT2D eigenvalue weighted by molar-refractivity contribution is 5.95. The fraction of sp³-hybridized carbons (Fsp3) is 0.636. The molecule has 1 saturated heterocycles. The molecule has 0 aromatic carbocycles. The van der Waals surface area contributed by atoms with Crippen molar-refractivity contribution < 1.29 is 14.7 Å². The maximum absolute atomic E-state index is 11.8. The number of carbonyl (C=O) groups is 2. The van der Waals surface area contributed by atoms with Crippen molar-refractivity contribution in [2.45, 2.75) is 39.2 Å². The average molecular weight is 211 g/mol. The summed E-state index contributed by atoms with van der Waals surface area (Å²) in [5, 5.41) is 9.00. The lowest BCUT2D eigenvalue weighted by Gasteiger charge is -2.33. The number of likely N-dealkylation sites (tertiary alicyclic amines) is 1. The van der Waals surface area contributed by atoms with E-state index in [9.17, 15) is 9.59 Å². The molecule has 0 aromatic heterocycles. The summed E-state index contributed by atoms with van der Waals surface area (Å²) in [6, 6.07) is -0.638. The molecule has 0 aromatic rings. The van der Waals surface area contributed by atoms with Crippen LogP contribution in [0.3, 0.4) is 0 Å². The quantitative estimate of drug-likeness (QED) is 0.703. The minimum Gasteiger partial charge on any atom is -0.480 e. The highest BCUT2D eigenvalue weighted by Crippen LogP contribution is 2.19. The van der Waals surface area contributed by atoms with Crippen LogP contribution in [-0.2, 0) is 9.59 Å². The fourth-order valence-corrected chi connectivity index (χ4v) is 1.78. The predicted molar refractivity (Wildman–Crippen MR) is 56.4 cm³/mol. The van der Waals surface area contributed by atoms with Crippen LogP contribution in [0.15, 0.2) is 11.6 Å². The number of rotatable bonds is 2. The van der Waals surface area contributed by atoms with Crippen LogP contribution in [0.1, 0.15) is 33.1 Å². The van der Waals surface area contributed by atoms with Gasteiger partial charge < -0.3 is 10.0 Å². The number of piperidine rings is 1. The second-order valence-electron chi connectivity index (χ2n) is 3.82. The van der Waals surface area contributed by atoms with Crippen LogP contribution in [0.2, 0.25) is 0 Å². The number of aliphatic carboxylic acids is 1. The zero-order chi connectivity index (χ0) is 11.4. The van der Waals surface area contributed by atoms with E-state index in [2.05, 4.69) is 0 Å². The van der Waals surface area contributed by atoms with E-state index < -0.39 is 12.0 Å². The molecule has 0 saturated carbocycles. The Morgan fingerprint density at radius 2 is 2.07 bits per heavy atom. The molecular weight excluding hydrogens is 194 g/mol. The number of carboxylic acid groups (broad SMARTS) is 1. The second-order valence-corrected chi connectivity index (χ2v) is 3.82. The molecule has 15 heavy (non-hydrogen) atoms. The lowest BCUT2D eigenvalue weighted by Crippen LogP contribution is -2.48.